The minimum Gasteiger partial charge on any atom is -0.455 e. The first kappa shape index (κ1) is 15.4. The lowest BCUT2D eigenvalue weighted by atomic mass is 10.1. The normalized spacial score (nSPS) is 24.0. The highest BCUT2D eigenvalue weighted by Crippen LogP contribution is 2.46. The zero-order chi connectivity index (χ0) is 16.1. The number of hydrogen-bond donors (Lipinski definition) is 1. The third-order valence-corrected chi connectivity index (χ3v) is 4.42. The lowest BCUT2D eigenvalue weighted by molar-refractivity contribution is 0.00634. The standard InChI is InChI=1S/C18H22ClNO2/c1-10-5-6-14-13(16(19)12-8-11(12)7-10)9-15(20-14)17(21)22-18(2,3)4/h6-7,9-10,12,20H,5,8H2,1-4H3. The highest BCUT2D eigenvalue weighted by molar-refractivity contribution is 6.46. The van der Waals surface area contributed by atoms with Crippen LogP contribution in [-0.4, -0.2) is 16.6 Å². The smallest absolute Gasteiger partial charge is 0.355 e. The Kier molecular flexibility index (Phi) is 3.72. The molecule has 0 radical (unpaired) electrons. The molecule has 4 heteroatoms. The Morgan fingerprint density at radius 2 is 2.14 bits per heavy atom. The van der Waals surface area contributed by atoms with Gasteiger partial charge in [-0.3, -0.25) is 0 Å². The van der Waals surface area contributed by atoms with Crippen molar-refractivity contribution in [3.05, 3.63) is 34.0 Å². The summed E-state index contributed by atoms with van der Waals surface area (Å²) >= 11 is 6.57. The van der Waals surface area contributed by atoms with Gasteiger partial charge in [0.15, 0.2) is 0 Å². The summed E-state index contributed by atoms with van der Waals surface area (Å²) in [6.45, 7) is 7.79. The van der Waals surface area contributed by atoms with Crippen LogP contribution in [0, 0.1) is 11.8 Å². The van der Waals surface area contributed by atoms with Gasteiger partial charge < -0.3 is 9.72 Å². The van der Waals surface area contributed by atoms with Gasteiger partial charge >= 0.3 is 5.97 Å². The van der Waals surface area contributed by atoms with Crippen molar-refractivity contribution in [1.29, 1.82) is 0 Å². The number of H-pyrrole nitrogens is 1. The predicted molar refractivity (Wildman–Crippen MR) is 88.9 cm³/mol. The molecule has 22 heavy (non-hydrogen) atoms. The summed E-state index contributed by atoms with van der Waals surface area (Å²) in [5.41, 5.74) is 1.37. The fraction of sp³-hybridized carbons (Fsp3) is 0.500. The monoisotopic (exact) mass is 319 g/mol. The van der Waals surface area contributed by atoms with Gasteiger partial charge in [0.25, 0.3) is 0 Å². The average Bonchev–Trinajstić information content (AvgIpc) is 2.99. The van der Waals surface area contributed by atoms with E-state index in [0.717, 1.165) is 28.4 Å². The van der Waals surface area contributed by atoms with Crippen molar-refractivity contribution < 1.29 is 9.53 Å². The Hall–Kier alpha value is -1.48. The number of fused-ring (bicyclic) bond motifs is 2. The van der Waals surface area contributed by atoms with Gasteiger partial charge in [0, 0.05) is 21.5 Å². The molecule has 1 saturated carbocycles. The molecule has 0 aromatic carbocycles. The number of rotatable bonds is 1. The maximum absolute atomic E-state index is 12.2. The first-order chi connectivity index (χ1) is 10.2. The van der Waals surface area contributed by atoms with Gasteiger partial charge in [-0.2, -0.15) is 0 Å². The van der Waals surface area contributed by atoms with Crippen LogP contribution in [0.5, 0.6) is 0 Å². The number of carbonyl (C=O) groups excluding carboxylic acids is 1. The largest absolute Gasteiger partial charge is 0.455 e. The molecule has 3 nitrogen and oxygen atoms in total. The minimum atomic E-state index is -0.508. The van der Waals surface area contributed by atoms with E-state index in [-0.39, 0.29) is 5.97 Å². The van der Waals surface area contributed by atoms with Crippen molar-refractivity contribution in [3.8, 4) is 0 Å². The summed E-state index contributed by atoms with van der Waals surface area (Å²) in [7, 11) is 0. The average molecular weight is 320 g/mol. The summed E-state index contributed by atoms with van der Waals surface area (Å²) in [5.74, 6) is 0.481. The third kappa shape index (κ3) is 3.14. The Morgan fingerprint density at radius 3 is 2.82 bits per heavy atom. The molecule has 1 heterocycles. The number of aromatic nitrogens is 1. The lowest BCUT2D eigenvalue weighted by Gasteiger charge is -2.18. The van der Waals surface area contributed by atoms with E-state index in [2.05, 4.69) is 24.1 Å². The van der Waals surface area contributed by atoms with Crippen LogP contribution in [0.1, 0.15) is 51.0 Å². The van der Waals surface area contributed by atoms with Crippen molar-refractivity contribution in [2.45, 2.75) is 46.1 Å². The fourth-order valence-corrected chi connectivity index (χ4v) is 3.18. The number of nitrogens with one attached hydrogen (secondary N) is 1. The van der Waals surface area contributed by atoms with Crippen LogP contribution >= 0.6 is 11.6 Å². The van der Waals surface area contributed by atoms with Gasteiger partial charge in [-0.25, -0.2) is 4.79 Å². The third-order valence-electron chi connectivity index (χ3n) is 3.95. The van der Waals surface area contributed by atoms with Gasteiger partial charge in [-0.15, -0.1) is 0 Å². The van der Waals surface area contributed by atoms with Crippen LogP contribution in [-0.2, 0) is 4.74 Å². The SMILES string of the molecule is CC1C=C2CC2C(Cl)=c2cc(C(=O)OC(C)(C)C)[nH]c2=CC1. The van der Waals surface area contributed by atoms with E-state index in [9.17, 15) is 4.79 Å². The molecular weight excluding hydrogens is 298 g/mol. The summed E-state index contributed by atoms with van der Waals surface area (Å²) in [6.07, 6.45) is 6.42. The topological polar surface area (TPSA) is 42.1 Å². The number of aromatic amines is 1. The maximum Gasteiger partial charge on any atom is 0.355 e. The summed E-state index contributed by atoms with van der Waals surface area (Å²) in [5, 5.41) is 2.70. The van der Waals surface area contributed by atoms with Crippen LogP contribution in [0.15, 0.2) is 17.7 Å². The molecule has 2 atom stereocenters. The van der Waals surface area contributed by atoms with Crippen molar-refractivity contribution in [2.75, 3.05) is 0 Å². The van der Waals surface area contributed by atoms with Crippen molar-refractivity contribution in [2.24, 2.45) is 11.8 Å². The van der Waals surface area contributed by atoms with Crippen LogP contribution in [0.4, 0.5) is 0 Å². The zero-order valence-corrected chi connectivity index (χ0v) is 14.3. The first-order valence-corrected chi connectivity index (χ1v) is 8.15. The van der Waals surface area contributed by atoms with Gasteiger partial charge in [0.1, 0.15) is 11.3 Å². The van der Waals surface area contributed by atoms with E-state index in [1.165, 1.54) is 5.57 Å². The number of carbonyl (C=O) groups is 1. The molecule has 1 aromatic heterocycles. The molecular formula is C18H22ClNO2. The maximum atomic E-state index is 12.2. The highest BCUT2D eigenvalue weighted by atomic mass is 35.5. The fourth-order valence-electron chi connectivity index (χ4n) is 2.81. The molecule has 2 aliphatic rings. The van der Waals surface area contributed by atoms with Crippen molar-refractivity contribution in [3.63, 3.8) is 0 Å². The first-order valence-electron chi connectivity index (χ1n) is 7.77. The molecule has 1 aromatic rings. The molecule has 0 spiro atoms. The number of halogens is 1. The number of allylic oxidation sites excluding steroid dienone is 2. The molecule has 2 aliphatic carbocycles. The van der Waals surface area contributed by atoms with Gasteiger partial charge in [0.05, 0.1) is 0 Å². The molecule has 0 saturated heterocycles. The predicted octanol–water partition coefficient (Wildman–Crippen LogP) is 3.08. The summed E-state index contributed by atoms with van der Waals surface area (Å²) < 4.78 is 5.43. The number of hydrogen-bond acceptors (Lipinski definition) is 2. The van der Waals surface area contributed by atoms with E-state index in [1.54, 1.807) is 0 Å². The van der Waals surface area contributed by atoms with Crippen molar-refractivity contribution >= 4 is 28.7 Å². The Morgan fingerprint density at radius 1 is 1.41 bits per heavy atom. The highest BCUT2D eigenvalue weighted by Gasteiger charge is 2.34. The number of ether oxygens (including phenoxy) is 1. The van der Waals surface area contributed by atoms with E-state index in [0.29, 0.717) is 17.5 Å². The lowest BCUT2D eigenvalue weighted by Crippen LogP contribution is -2.25. The molecule has 0 bridgehead atoms. The minimum absolute atomic E-state index is 0.330. The van der Waals surface area contributed by atoms with E-state index >= 15 is 0 Å². The van der Waals surface area contributed by atoms with Crippen LogP contribution in [0.2, 0.25) is 0 Å². The molecule has 0 aliphatic heterocycles. The number of esters is 1. The Labute approximate surface area is 135 Å². The molecule has 1 fully saturated rings. The second-order valence-corrected chi connectivity index (χ2v) is 7.68. The van der Waals surface area contributed by atoms with E-state index in [4.69, 9.17) is 16.3 Å². The molecule has 3 rings (SSSR count). The van der Waals surface area contributed by atoms with Crippen LogP contribution in [0.3, 0.4) is 0 Å². The summed E-state index contributed by atoms with van der Waals surface area (Å²) in [6, 6.07) is 1.83. The van der Waals surface area contributed by atoms with Gasteiger partial charge in [0.2, 0.25) is 0 Å². The van der Waals surface area contributed by atoms with E-state index in [1.807, 2.05) is 26.8 Å². The molecule has 2 unspecified atom stereocenters. The molecule has 1 N–H and O–H groups in total. The van der Waals surface area contributed by atoms with Gasteiger partial charge in [-0.1, -0.05) is 36.2 Å². The van der Waals surface area contributed by atoms with Crippen molar-refractivity contribution in [1.82, 2.24) is 4.98 Å². The Bertz CT molecular complexity index is 764. The summed E-state index contributed by atoms with van der Waals surface area (Å²) in [4.78, 5) is 15.4. The molecule has 118 valence electrons. The second-order valence-electron chi connectivity index (χ2n) is 7.28. The second kappa shape index (κ2) is 5.31. The zero-order valence-electron chi connectivity index (χ0n) is 13.5. The van der Waals surface area contributed by atoms with E-state index < -0.39 is 5.60 Å². The molecule has 0 amide bonds. The van der Waals surface area contributed by atoms with Gasteiger partial charge in [-0.05, 0) is 45.6 Å². The van der Waals surface area contributed by atoms with Crippen LogP contribution < -0.4 is 10.6 Å². The van der Waals surface area contributed by atoms with Crippen LogP contribution in [0.25, 0.3) is 11.1 Å². The quantitative estimate of drug-likeness (QED) is 0.638. The Balaban J connectivity index is 2.05.